The van der Waals surface area contributed by atoms with Gasteiger partial charge in [0.1, 0.15) is 6.54 Å². The fourth-order valence-electron chi connectivity index (χ4n) is 3.20. The molecule has 7 heteroatoms. The lowest BCUT2D eigenvalue weighted by Gasteiger charge is -2.26. The molecule has 0 atom stereocenters. The summed E-state index contributed by atoms with van der Waals surface area (Å²) in [6.45, 7) is 5.44. The number of hydrogen-bond acceptors (Lipinski definition) is 5. The minimum absolute atomic E-state index is 0.0491. The fraction of sp³-hybridized carbons (Fsp3) is 0.304. The summed E-state index contributed by atoms with van der Waals surface area (Å²) in [7, 11) is 0. The second-order valence-electron chi connectivity index (χ2n) is 7.41. The fourth-order valence-corrected chi connectivity index (χ4v) is 3.20. The highest BCUT2D eigenvalue weighted by Gasteiger charge is 2.19. The smallest absolute Gasteiger partial charge is 0.326 e. The van der Waals surface area contributed by atoms with Crippen LogP contribution >= 0.6 is 0 Å². The molecule has 0 aliphatic carbocycles. The van der Waals surface area contributed by atoms with E-state index in [-0.39, 0.29) is 30.7 Å². The van der Waals surface area contributed by atoms with E-state index in [4.69, 9.17) is 4.74 Å². The van der Waals surface area contributed by atoms with Gasteiger partial charge in [0.2, 0.25) is 0 Å². The zero-order valence-corrected chi connectivity index (χ0v) is 17.4. The van der Waals surface area contributed by atoms with Crippen molar-refractivity contribution in [1.29, 1.82) is 0 Å². The average Bonchev–Trinajstić information content (AvgIpc) is 2.73. The third-order valence-corrected chi connectivity index (χ3v) is 4.85. The van der Waals surface area contributed by atoms with Crippen molar-refractivity contribution < 1.29 is 14.3 Å². The largest absolute Gasteiger partial charge is 0.454 e. The summed E-state index contributed by atoms with van der Waals surface area (Å²) in [5.41, 5.74) is 2.17. The molecule has 3 rings (SSSR count). The van der Waals surface area contributed by atoms with E-state index in [1.165, 1.54) is 10.9 Å². The van der Waals surface area contributed by atoms with Crippen LogP contribution in [0.4, 0.5) is 0 Å². The van der Waals surface area contributed by atoms with Crippen molar-refractivity contribution in [3.63, 3.8) is 0 Å². The van der Waals surface area contributed by atoms with E-state index >= 15 is 0 Å². The van der Waals surface area contributed by atoms with Crippen molar-refractivity contribution in [3.05, 3.63) is 76.3 Å². The molecule has 7 nitrogen and oxygen atoms in total. The lowest BCUT2D eigenvalue weighted by Crippen LogP contribution is -2.39. The van der Waals surface area contributed by atoms with E-state index in [1.54, 1.807) is 17.0 Å². The Morgan fingerprint density at radius 3 is 2.53 bits per heavy atom. The Hall–Kier alpha value is -3.48. The summed E-state index contributed by atoms with van der Waals surface area (Å²) < 4.78 is 6.34. The van der Waals surface area contributed by atoms with Crippen LogP contribution < -0.4 is 5.56 Å². The predicted octanol–water partition coefficient (Wildman–Crippen LogP) is 2.69. The summed E-state index contributed by atoms with van der Waals surface area (Å²) in [5, 5.41) is 0.440. The number of benzene rings is 2. The average molecular weight is 407 g/mol. The van der Waals surface area contributed by atoms with Crippen molar-refractivity contribution in [2.24, 2.45) is 0 Å². The van der Waals surface area contributed by atoms with Crippen LogP contribution in [0.25, 0.3) is 10.9 Å². The Labute approximate surface area is 174 Å². The van der Waals surface area contributed by atoms with Gasteiger partial charge in [0.25, 0.3) is 11.5 Å². The van der Waals surface area contributed by atoms with Gasteiger partial charge in [-0.05, 0) is 38.0 Å². The number of aryl methyl sites for hydroxylation is 1. The first-order chi connectivity index (χ1) is 14.4. The lowest BCUT2D eigenvalue weighted by molar-refractivity contribution is -0.153. The van der Waals surface area contributed by atoms with Gasteiger partial charge < -0.3 is 9.64 Å². The molecule has 0 unspecified atom stereocenters. The molecule has 0 bridgehead atoms. The molecule has 156 valence electrons. The summed E-state index contributed by atoms with van der Waals surface area (Å²) in [6, 6.07) is 14.9. The molecule has 0 saturated carbocycles. The van der Waals surface area contributed by atoms with Crippen LogP contribution in [0, 0.1) is 6.92 Å². The number of rotatable bonds is 7. The van der Waals surface area contributed by atoms with Gasteiger partial charge in [0.05, 0.1) is 17.2 Å². The first kappa shape index (κ1) is 21.2. The van der Waals surface area contributed by atoms with Crippen molar-refractivity contribution in [1.82, 2.24) is 14.5 Å². The number of nitrogens with zero attached hydrogens (tertiary/aromatic N) is 3. The van der Waals surface area contributed by atoms with E-state index in [0.717, 1.165) is 11.1 Å². The molecule has 1 heterocycles. The van der Waals surface area contributed by atoms with E-state index in [1.807, 2.05) is 57.2 Å². The molecule has 30 heavy (non-hydrogen) atoms. The second kappa shape index (κ2) is 9.35. The van der Waals surface area contributed by atoms with Crippen molar-refractivity contribution >= 4 is 22.8 Å². The summed E-state index contributed by atoms with van der Waals surface area (Å²) in [4.78, 5) is 43.3. The molecule has 0 aliphatic heterocycles. The first-order valence-corrected chi connectivity index (χ1v) is 9.80. The number of aromatic nitrogens is 2. The highest BCUT2D eigenvalue weighted by atomic mass is 16.5. The molecule has 1 aromatic heterocycles. The minimum Gasteiger partial charge on any atom is -0.454 e. The van der Waals surface area contributed by atoms with Crippen LogP contribution in [0.2, 0.25) is 0 Å². The van der Waals surface area contributed by atoms with Gasteiger partial charge in [-0.15, -0.1) is 0 Å². The minimum atomic E-state index is -0.664. The molecule has 1 amide bonds. The van der Waals surface area contributed by atoms with Crippen molar-refractivity contribution in [2.75, 3.05) is 6.61 Å². The third-order valence-electron chi connectivity index (χ3n) is 4.85. The SMILES string of the molecule is Cc1cccc2c(=O)n(CC(=O)OCC(=O)N(Cc3ccccc3)C(C)C)cnc12. The summed E-state index contributed by atoms with van der Waals surface area (Å²) in [5.74, 6) is -0.954. The molecular weight excluding hydrogens is 382 g/mol. The monoisotopic (exact) mass is 407 g/mol. The highest BCUT2D eigenvalue weighted by molar-refractivity contribution is 5.82. The Morgan fingerprint density at radius 1 is 1.10 bits per heavy atom. The number of ether oxygens (including phenoxy) is 1. The quantitative estimate of drug-likeness (QED) is 0.563. The molecule has 0 aliphatic rings. The normalized spacial score (nSPS) is 10.9. The highest BCUT2D eigenvalue weighted by Crippen LogP contribution is 2.11. The van der Waals surface area contributed by atoms with Gasteiger partial charge in [-0.25, -0.2) is 4.98 Å². The van der Waals surface area contributed by atoms with Crippen molar-refractivity contribution in [2.45, 2.75) is 39.9 Å². The predicted molar refractivity (Wildman–Crippen MR) is 114 cm³/mol. The molecule has 2 aromatic carbocycles. The molecule has 3 aromatic rings. The molecular formula is C23H25N3O4. The lowest BCUT2D eigenvalue weighted by atomic mass is 10.1. The molecule has 0 radical (unpaired) electrons. The standard InChI is InChI=1S/C23H25N3O4/c1-16(2)26(12-18-9-5-4-6-10-18)20(27)14-30-21(28)13-25-15-24-22-17(3)8-7-11-19(22)23(25)29/h4-11,15-16H,12-14H2,1-3H3. The molecule has 0 fully saturated rings. The zero-order chi connectivity index (χ0) is 21.7. The maximum atomic E-state index is 12.6. The molecule has 0 spiro atoms. The Kier molecular flexibility index (Phi) is 6.61. The maximum absolute atomic E-state index is 12.6. The van der Waals surface area contributed by atoms with Crippen LogP contribution in [0.15, 0.2) is 59.7 Å². The van der Waals surface area contributed by atoms with E-state index in [9.17, 15) is 14.4 Å². The second-order valence-corrected chi connectivity index (χ2v) is 7.41. The number of carbonyl (C=O) groups is 2. The summed E-state index contributed by atoms with van der Waals surface area (Å²) >= 11 is 0. The molecule has 0 saturated heterocycles. The summed E-state index contributed by atoms with van der Waals surface area (Å²) in [6.07, 6.45) is 1.33. The molecule has 0 N–H and O–H groups in total. The number of para-hydroxylation sites is 1. The van der Waals surface area contributed by atoms with Crippen molar-refractivity contribution in [3.8, 4) is 0 Å². The Bertz CT molecular complexity index is 1110. The van der Waals surface area contributed by atoms with Gasteiger partial charge in [-0.2, -0.15) is 0 Å². The Balaban J connectivity index is 1.63. The number of esters is 1. The Morgan fingerprint density at radius 2 is 1.83 bits per heavy atom. The van der Waals surface area contributed by atoms with Crippen LogP contribution in [0.3, 0.4) is 0 Å². The first-order valence-electron chi connectivity index (χ1n) is 9.80. The van der Waals surface area contributed by atoms with Crippen LogP contribution in [-0.4, -0.2) is 39.0 Å². The number of fused-ring (bicyclic) bond motifs is 1. The van der Waals surface area contributed by atoms with E-state index in [2.05, 4.69) is 4.98 Å². The van der Waals surface area contributed by atoms with E-state index in [0.29, 0.717) is 17.4 Å². The zero-order valence-electron chi connectivity index (χ0n) is 17.4. The maximum Gasteiger partial charge on any atom is 0.326 e. The number of amides is 1. The van der Waals surface area contributed by atoms with Crippen LogP contribution in [0.5, 0.6) is 0 Å². The van der Waals surface area contributed by atoms with Gasteiger partial charge in [-0.1, -0.05) is 42.5 Å². The van der Waals surface area contributed by atoms with Gasteiger partial charge in [0, 0.05) is 12.6 Å². The number of hydrogen-bond donors (Lipinski definition) is 0. The third kappa shape index (κ3) is 4.92. The van der Waals surface area contributed by atoms with Gasteiger partial charge >= 0.3 is 5.97 Å². The van der Waals surface area contributed by atoms with E-state index < -0.39 is 5.97 Å². The van der Waals surface area contributed by atoms with Crippen LogP contribution in [0.1, 0.15) is 25.0 Å². The van der Waals surface area contributed by atoms with Crippen LogP contribution in [-0.2, 0) is 27.4 Å². The topological polar surface area (TPSA) is 81.5 Å². The van der Waals surface area contributed by atoms with Gasteiger partial charge in [-0.3, -0.25) is 19.0 Å². The van der Waals surface area contributed by atoms with Gasteiger partial charge in [0.15, 0.2) is 6.61 Å². The number of carbonyl (C=O) groups excluding carboxylic acids is 2.